The Bertz CT molecular complexity index is 948. The van der Waals surface area contributed by atoms with Gasteiger partial charge in [-0.3, -0.25) is 4.79 Å². The van der Waals surface area contributed by atoms with Crippen molar-refractivity contribution in [1.29, 1.82) is 0 Å². The third-order valence-corrected chi connectivity index (χ3v) is 6.62. The lowest BCUT2D eigenvalue weighted by molar-refractivity contribution is -0.134. The largest absolute Gasteiger partial charge is 0.494 e. The second-order valence-corrected chi connectivity index (χ2v) is 8.63. The highest BCUT2D eigenvalue weighted by molar-refractivity contribution is 5.77. The highest BCUT2D eigenvalue weighted by Crippen LogP contribution is 2.36. The van der Waals surface area contributed by atoms with Gasteiger partial charge in [0.25, 0.3) is 0 Å². The van der Waals surface area contributed by atoms with Gasteiger partial charge in [-0.25, -0.2) is 0 Å². The highest BCUT2D eigenvalue weighted by atomic mass is 16.5. The van der Waals surface area contributed by atoms with Gasteiger partial charge in [-0.1, -0.05) is 48.5 Å². The maximum absolute atomic E-state index is 13.2. The Labute approximate surface area is 189 Å². The molecule has 3 aromatic rings. The first-order valence-corrected chi connectivity index (χ1v) is 11.3. The standard InChI is InChI=1S/C27H31NO4/c29-21-27(15-19-31-23-10-5-2-6-11-23)13-16-28(17-14-27)26(30)20-24(25-12-7-18-32-25)22-8-3-1-4-9-22/h1-12,18,24,29H,13-17,19-21H2/t24-/m1/s1. The molecule has 0 unspecified atom stereocenters. The molecule has 1 N–H and O–H groups in total. The van der Waals surface area contributed by atoms with Gasteiger partial charge in [-0.05, 0) is 49.1 Å². The zero-order chi connectivity index (χ0) is 22.2. The Morgan fingerprint density at radius 2 is 1.69 bits per heavy atom. The molecule has 1 fully saturated rings. The summed E-state index contributed by atoms with van der Waals surface area (Å²) in [5, 5.41) is 10.1. The normalized spacial score (nSPS) is 16.5. The fourth-order valence-electron chi connectivity index (χ4n) is 4.48. The van der Waals surface area contributed by atoms with Crippen molar-refractivity contribution in [2.24, 2.45) is 5.41 Å². The number of carbonyl (C=O) groups excluding carboxylic acids is 1. The Morgan fingerprint density at radius 3 is 2.31 bits per heavy atom. The molecule has 0 radical (unpaired) electrons. The molecule has 32 heavy (non-hydrogen) atoms. The van der Waals surface area contributed by atoms with Crippen LogP contribution in [0.3, 0.4) is 0 Å². The fraction of sp³-hybridized carbons (Fsp3) is 0.370. The molecule has 4 rings (SSSR count). The number of furan rings is 1. The zero-order valence-corrected chi connectivity index (χ0v) is 18.4. The highest BCUT2D eigenvalue weighted by Gasteiger charge is 2.36. The summed E-state index contributed by atoms with van der Waals surface area (Å²) < 4.78 is 11.5. The van der Waals surface area contributed by atoms with E-state index in [1.807, 2.05) is 77.7 Å². The van der Waals surface area contributed by atoms with Crippen LogP contribution < -0.4 is 4.74 Å². The summed E-state index contributed by atoms with van der Waals surface area (Å²) in [5.41, 5.74) is 0.890. The Kier molecular flexibility index (Phi) is 7.28. The van der Waals surface area contributed by atoms with Gasteiger partial charge < -0.3 is 19.2 Å². The van der Waals surface area contributed by atoms with E-state index < -0.39 is 0 Å². The van der Waals surface area contributed by atoms with Gasteiger partial charge in [0.15, 0.2) is 0 Å². The van der Waals surface area contributed by atoms with E-state index in [0.717, 1.165) is 36.3 Å². The van der Waals surface area contributed by atoms with Crippen LogP contribution in [0.15, 0.2) is 83.5 Å². The SMILES string of the molecule is O=C(C[C@H](c1ccccc1)c1ccco1)N1CCC(CO)(CCOc2ccccc2)CC1. The van der Waals surface area contributed by atoms with Crippen LogP contribution in [0.2, 0.25) is 0 Å². The summed E-state index contributed by atoms with van der Waals surface area (Å²) in [5.74, 6) is 1.69. The molecule has 5 nitrogen and oxygen atoms in total. The van der Waals surface area contributed by atoms with Crippen molar-refractivity contribution in [1.82, 2.24) is 4.90 Å². The summed E-state index contributed by atoms with van der Waals surface area (Å²) in [4.78, 5) is 15.1. The maximum atomic E-state index is 13.2. The van der Waals surface area contributed by atoms with Crippen LogP contribution in [0.4, 0.5) is 0 Å². The van der Waals surface area contributed by atoms with E-state index >= 15 is 0 Å². The molecule has 2 heterocycles. The molecule has 1 aliphatic rings. The summed E-state index contributed by atoms with van der Waals surface area (Å²) in [7, 11) is 0. The number of aliphatic hydroxyl groups excluding tert-OH is 1. The number of piperidine rings is 1. The molecular formula is C27H31NO4. The van der Waals surface area contributed by atoms with Crippen molar-refractivity contribution in [3.8, 4) is 5.75 Å². The first-order valence-electron chi connectivity index (χ1n) is 11.3. The quantitative estimate of drug-likeness (QED) is 0.523. The van der Waals surface area contributed by atoms with Crippen LogP contribution in [-0.2, 0) is 4.79 Å². The molecule has 2 aromatic carbocycles. The van der Waals surface area contributed by atoms with Crippen molar-refractivity contribution in [2.45, 2.75) is 31.6 Å². The van der Waals surface area contributed by atoms with Crippen LogP contribution in [0, 0.1) is 5.41 Å². The molecule has 0 spiro atoms. The van der Waals surface area contributed by atoms with Crippen molar-refractivity contribution < 1.29 is 19.1 Å². The number of rotatable bonds is 9. The van der Waals surface area contributed by atoms with Crippen molar-refractivity contribution in [3.63, 3.8) is 0 Å². The molecule has 168 valence electrons. The van der Waals surface area contributed by atoms with Crippen LogP contribution in [0.25, 0.3) is 0 Å². The molecular weight excluding hydrogens is 402 g/mol. The number of aliphatic hydroxyl groups is 1. The van der Waals surface area contributed by atoms with Gasteiger partial charge in [-0.2, -0.15) is 0 Å². The van der Waals surface area contributed by atoms with Gasteiger partial charge in [0.1, 0.15) is 11.5 Å². The number of hydrogen-bond acceptors (Lipinski definition) is 4. The van der Waals surface area contributed by atoms with Crippen molar-refractivity contribution in [2.75, 3.05) is 26.3 Å². The van der Waals surface area contributed by atoms with E-state index in [1.165, 1.54) is 0 Å². The topological polar surface area (TPSA) is 62.9 Å². The van der Waals surface area contributed by atoms with Gasteiger partial charge >= 0.3 is 0 Å². The average molecular weight is 434 g/mol. The fourth-order valence-corrected chi connectivity index (χ4v) is 4.48. The van der Waals surface area contributed by atoms with Gasteiger partial charge in [0.2, 0.25) is 5.91 Å². The van der Waals surface area contributed by atoms with E-state index in [1.54, 1.807) is 6.26 Å². The summed E-state index contributed by atoms with van der Waals surface area (Å²) >= 11 is 0. The minimum Gasteiger partial charge on any atom is -0.494 e. The number of ether oxygens (including phenoxy) is 1. The minimum absolute atomic E-state index is 0.0949. The van der Waals surface area contributed by atoms with E-state index in [9.17, 15) is 9.90 Å². The Morgan fingerprint density at radius 1 is 1.00 bits per heavy atom. The molecule has 1 aromatic heterocycles. The van der Waals surface area contributed by atoms with Gasteiger partial charge in [0, 0.05) is 31.5 Å². The van der Waals surface area contributed by atoms with Crippen molar-refractivity contribution >= 4 is 5.91 Å². The van der Waals surface area contributed by atoms with Crippen LogP contribution in [-0.4, -0.2) is 42.2 Å². The predicted octanol–water partition coefficient (Wildman–Crippen LogP) is 4.87. The molecule has 0 bridgehead atoms. The van der Waals surface area contributed by atoms with E-state index in [-0.39, 0.29) is 23.8 Å². The number of likely N-dealkylation sites (tertiary alicyclic amines) is 1. The third-order valence-electron chi connectivity index (χ3n) is 6.62. The second-order valence-electron chi connectivity index (χ2n) is 8.63. The van der Waals surface area contributed by atoms with Crippen molar-refractivity contribution in [3.05, 3.63) is 90.4 Å². The first-order chi connectivity index (χ1) is 15.7. The average Bonchev–Trinajstić information content (AvgIpc) is 3.39. The second kappa shape index (κ2) is 10.5. The predicted molar refractivity (Wildman–Crippen MR) is 123 cm³/mol. The molecule has 1 amide bonds. The molecule has 0 aliphatic carbocycles. The molecule has 1 saturated heterocycles. The maximum Gasteiger partial charge on any atom is 0.223 e. The summed E-state index contributed by atoms with van der Waals surface area (Å²) in [6.45, 7) is 1.99. The van der Waals surface area contributed by atoms with Gasteiger partial charge in [-0.15, -0.1) is 0 Å². The third kappa shape index (κ3) is 5.40. The van der Waals surface area contributed by atoms with E-state index in [2.05, 4.69) is 0 Å². The zero-order valence-electron chi connectivity index (χ0n) is 18.4. The van der Waals surface area contributed by atoms with Crippen LogP contribution >= 0.6 is 0 Å². The van der Waals surface area contributed by atoms with Gasteiger partial charge in [0.05, 0.1) is 18.8 Å². The van der Waals surface area contributed by atoms with E-state index in [0.29, 0.717) is 26.1 Å². The Hall–Kier alpha value is -3.05. The minimum atomic E-state index is -0.189. The van der Waals surface area contributed by atoms with E-state index in [4.69, 9.17) is 9.15 Å². The summed E-state index contributed by atoms with van der Waals surface area (Å²) in [6.07, 6.45) is 4.37. The number of benzene rings is 2. The lowest BCUT2D eigenvalue weighted by Gasteiger charge is -2.41. The number of carbonyl (C=O) groups is 1. The number of amides is 1. The lowest BCUT2D eigenvalue weighted by Crippen LogP contribution is -2.45. The first kappa shape index (κ1) is 22.2. The molecule has 1 aliphatic heterocycles. The number of hydrogen-bond donors (Lipinski definition) is 1. The number of para-hydroxylation sites is 1. The molecule has 5 heteroatoms. The summed E-state index contributed by atoms with van der Waals surface area (Å²) in [6, 6.07) is 23.6. The Balaban J connectivity index is 1.33. The lowest BCUT2D eigenvalue weighted by atomic mass is 9.76. The molecule has 0 saturated carbocycles. The smallest absolute Gasteiger partial charge is 0.223 e. The monoisotopic (exact) mass is 433 g/mol. The molecule has 1 atom stereocenters. The van der Waals surface area contributed by atoms with Crippen LogP contribution in [0.1, 0.15) is 42.9 Å². The number of nitrogens with zero attached hydrogens (tertiary/aromatic N) is 1. The van der Waals surface area contributed by atoms with Crippen LogP contribution in [0.5, 0.6) is 5.75 Å².